The molecule has 0 unspecified atom stereocenters. The van der Waals surface area contributed by atoms with Crippen molar-refractivity contribution in [3.05, 3.63) is 11.8 Å². The number of hydrogen-bond donors (Lipinski definition) is 0. The van der Waals surface area contributed by atoms with Crippen LogP contribution in [0, 0.1) is 0 Å². The van der Waals surface area contributed by atoms with Crippen LogP contribution in [-0.2, 0) is 6.42 Å². The molecule has 14 heavy (non-hydrogen) atoms. The Kier molecular flexibility index (Phi) is 5.33. The van der Waals surface area contributed by atoms with Gasteiger partial charge < -0.3 is 0 Å². The highest BCUT2D eigenvalue weighted by Gasteiger charge is 2.02. The van der Waals surface area contributed by atoms with Crippen LogP contribution in [-0.4, -0.2) is 22.5 Å². The van der Waals surface area contributed by atoms with E-state index in [0.717, 1.165) is 16.6 Å². The minimum atomic E-state index is 0.892. The number of aryl methyl sites for hydroxylation is 1. The van der Waals surface area contributed by atoms with Gasteiger partial charge in [0.25, 0.3) is 0 Å². The van der Waals surface area contributed by atoms with Gasteiger partial charge in [0.1, 0.15) is 5.03 Å². The van der Waals surface area contributed by atoms with Gasteiger partial charge in [0.15, 0.2) is 5.16 Å². The summed E-state index contributed by atoms with van der Waals surface area (Å²) >= 11 is 3.29. The second-order valence-corrected chi connectivity index (χ2v) is 4.59. The van der Waals surface area contributed by atoms with Crippen molar-refractivity contribution >= 4 is 23.5 Å². The maximum Gasteiger partial charge on any atom is 0.188 e. The van der Waals surface area contributed by atoms with E-state index >= 15 is 0 Å². The van der Waals surface area contributed by atoms with E-state index in [-0.39, 0.29) is 0 Å². The molecular formula is C10H16N2S2. The van der Waals surface area contributed by atoms with Crippen LogP contribution in [0.3, 0.4) is 0 Å². The molecule has 0 N–H and O–H groups in total. The summed E-state index contributed by atoms with van der Waals surface area (Å²) in [6.45, 7) is 2.20. The molecule has 1 rings (SSSR count). The zero-order chi connectivity index (χ0) is 10.4. The average Bonchev–Trinajstić information content (AvgIpc) is 2.25. The molecule has 0 fully saturated rings. The van der Waals surface area contributed by atoms with Gasteiger partial charge in [-0.05, 0) is 31.4 Å². The molecule has 0 bridgehead atoms. The summed E-state index contributed by atoms with van der Waals surface area (Å²) in [5, 5.41) is 1.97. The van der Waals surface area contributed by atoms with Gasteiger partial charge in [-0.2, -0.15) is 0 Å². The third-order valence-electron chi connectivity index (χ3n) is 1.91. The van der Waals surface area contributed by atoms with Crippen LogP contribution in [0.1, 0.15) is 25.5 Å². The lowest BCUT2D eigenvalue weighted by Crippen LogP contribution is -1.96. The van der Waals surface area contributed by atoms with E-state index in [1.54, 1.807) is 23.5 Å². The highest BCUT2D eigenvalue weighted by Crippen LogP contribution is 2.18. The Labute approximate surface area is 94.3 Å². The number of hydrogen-bond acceptors (Lipinski definition) is 4. The second kappa shape index (κ2) is 6.30. The summed E-state index contributed by atoms with van der Waals surface area (Å²) in [6, 6.07) is 2.10. The Hall–Kier alpha value is -0.220. The molecule has 0 saturated heterocycles. The first-order valence-corrected chi connectivity index (χ1v) is 7.21. The van der Waals surface area contributed by atoms with Crippen LogP contribution in [0.4, 0.5) is 0 Å². The fourth-order valence-corrected chi connectivity index (χ4v) is 2.02. The van der Waals surface area contributed by atoms with Gasteiger partial charge in [0, 0.05) is 5.69 Å². The van der Waals surface area contributed by atoms with E-state index < -0.39 is 0 Å². The van der Waals surface area contributed by atoms with E-state index in [2.05, 4.69) is 29.2 Å². The highest BCUT2D eigenvalue weighted by atomic mass is 32.2. The average molecular weight is 228 g/mol. The molecule has 0 spiro atoms. The number of aromatic nitrogens is 2. The molecule has 0 aromatic carbocycles. The quantitative estimate of drug-likeness (QED) is 0.439. The lowest BCUT2D eigenvalue weighted by Gasteiger charge is -2.04. The Morgan fingerprint density at radius 3 is 2.57 bits per heavy atom. The third kappa shape index (κ3) is 3.50. The molecule has 0 aliphatic carbocycles. The van der Waals surface area contributed by atoms with Gasteiger partial charge in [-0.15, -0.1) is 11.8 Å². The van der Waals surface area contributed by atoms with Gasteiger partial charge in [-0.25, -0.2) is 9.97 Å². The van der Waals surface area contributed by atoms with Crippen molar-refractivity contribution in [2.24, 2.45) is 0 Å². The number of unbranched alkanes of at least 4 members (excludes halogenated alkanes) is 1. The summed E-state index contributed by atoms with van der Waals surface area (Å²) in [6.07, 6.45) is 7.56. The summed E-state index contributed by atoms with van der Waals surface area (Å²) < 4.78 is 0. The van der Waals surface area contributed by atoms with Crippen LogP contribution in [0.25, 0.3) is 0 Å². The van der Waals surface area contributed by atoms with Crippen LogP contribution >= 0.6 is 23.5 Å². The lowest BCUT2D eigenvalue weighted by molar-refractivity contribution is 0.743. The zero-order valence-corrected chi connectivity index (χ0v) is 10.5. The first kappa shape index (κ1) is 11.9. The molecule has 78 valence electrons. The van der Waals surface area contributed by atoms with Crippen molar-refractivity contribution in [1.82, 2.24) is 9.97 Å². The van der Waals surface area contributed by atoms with Crippen molar-refractivity contribution in [2.75, 3.05) is 12.5 Å². The van der Waals surface area contributed by atoms with E-state index in [1.165, 1.54) is 18.5 Å². The van der Waals surface area contributed by atoms with Crippen LogP contribution in [0.2, 0.25) is 0 Å². The standard InChI is InChI=1S/C10H16N2S2/c1-4-5-6-8-7-9(13-2)12-10(11-8)14-3/h7H,4-6H2,1-3H3. The first-order chi connectivity index (χ1) is 6.80. The monoisotopic (exact) mass is 228 g/mol. The van der Waals surface area contributed by atoms with Crippen molar-refractivity contribution in [3.8, 4) is 0 Å². The summed E-state index contributed by atoms with van der Waals surface area (Å²) in [7, 11) is 0. The molecule has 0 aliphatic rings. The maximum atomic E-state index is 4.48. The van der Waals surface area contributed by atoms with E-state index in [4.69, 9.17) is 0 Å². The molecule has 0 saturated carbocycles. The maximum absolute atomic E-state index is 4.48. The van der Waals surface area contributed by atoms with Crippen LogP contribution in [0.15, 0.2) is 16.2 Å². The topological polar surface area (TPSA) is 25.8 Å². The smallest absolute Gasteiger partial charge is 0.188 e. The Balaban J connectivity index is 2.81. The summed E-state index contributed by atoms with van der Waals surface area (Å²) in [5.74, 6) is 0. The van der Waals surface area contributed by atoms with Crippen LogP contribution in [0.5, 0.6) is 0 Å². The fourth-order valence-electron chi connectivity index (χ4n) is 1.13. The molecule has 1 heterocycles. The first-order valence-electron chi connectivity index (χ1n) is 4.76. The van der Waals surface area contributed by atoms with Crippen molar-refractivity contribution in [3.63, 3.8) is 0 Å². The van der Waals surface area contributed by atoms with Crippen LogP contribution < -0.4 is 0 Å². The molecule has 1 aromatic heterocycles. The second-order valence-electron chi connectivity index (χ2n) is 2.99. The minimum Gasteiger partial charge on any atom is -0.228 e. The molecule has 0 aliphatic heterocycles. The van der Waals surface area contributed by atoms with Crippen molar-refractivity contribution < 1.29 is 0 Å². The Morgan fingerprint density at radius 2 is 2.00 bits per heavy atom. The van der Waals surface area contributed by atoms with E-state index in [0.29, 0.717) is 0 Å². The van der Waals surface area contributed by atoms with Gasteiger partial charge in [0.2, 0.25) is 0 Å². The lowest BCUT2D eigenvalue weighted by atomic mass is 10.2. The summed E-state index contributed by atoms with van der Waals surface area (Å²) in [4.78, 5) is 8.87. The zero-order valence-electron chi connectivity index (χ0n) is 8.91. The molecule has 1 aromatic rings. The van der Waals surface area contributed by atoms with E-state index in [9.17, 15) is 0 Å². The van der Waals surface area contributed by atoms with Gasteiger partial charge in [-0.3, -0.25) is 0 Å². The highest BCUT2D eigenvalue weighted by molar-refractivity contribution is 7.99. The molecule has 4 heteroatoms. The van der Waals surface area contributed by atoms with Crippen molar-refractivity contribution in [2.45, 2.75) is 36.4 Å². The minimum absolute atomic E-state index is 0.892. The predicted octanol–water partition coefficient (Wildman–Crippen LogP) is 3.26. The van der Waals surface area contributed by atoms with Gasteiger partial charge in [-0.1, -0.05) is 25.1 Å². The molecule has 0 amide bonds. The number of nitrogens with zero attached hydrogens (tertiary/aromatic N) is 2. The van der Waals surface area contributed by atoms with E-state index in [1.807, 2.05) is 6.26 Å². The SMILES string of the molecule is CCCCc1cc(SC)nc(SC)n1. The largest absolute Gasteiger partial charge is 0.228 e. The Morgan fingerprint density at radius 1 is 1.21 bits per heavy atom. The normalized spacial score (nSPS) is 10.5. The van der Waals surface area contributed by atoms with Gasteiger partial charge >= 0.3 is 0 Å². The Bertz CT molecular complexity index is 267. The predicted molar refractivity (Wildman–Crippen MR) is 64.2 cm³/mol. The molecule has 0 atom stereocenters. The fraction of sp³-hybridized carbons (Fsp3) is 0.600. The van der Waals surface area contributed by atoms with Gasteiger partial charge in [0.05, 0.1) is 0 Å². The molecule has 0 radical (unpaired) electrons. The van der Waals surface area contributed by atoms with Crippen molar-refractivity contribution in [1.29, 1.82) is 0 Å². The number of rotatable bonds is 5. The molecular weight excluding hydrogens is 212 g/mol. The molecule has 2 nitrogen and oxygen atoms in total. The third-order valence-corrected chi connectivity index (χ3v) is 3.09. The number of thioether (sulfide) groups is 2. The summed E-state index contributed by atoms with van der Waals surface area (Å²) in [5.41, 5.74) is 1.18.